The molecule has 0 fully saturated rings. The summed E-state index contributed by atoms with van der Waals surface area (Å²) in [7, 11) is 0. The number of nitrogens with one attached hydrogen (secondary N) is 1. The van der Waals surface area contributed by atoms with Crippen LogP contribution in [0.5, 0.6) is 0 Å². The summed E-state index contributed by atoms with van der Waals surface area (Å²) in [5.41, 5.74) is 5.48. The molecule has 0 aliphatic carbocycles. The molecule has 1 aliphatic heterocycles. The van der Waals surface area contributed by atoms with Gasteiger partial charge in [-0.05, 0) is 63.8 Å². The summed E-state index contributed by atoms with van der Waals surface area (Å²) < 4.78 is 4.17. The molecule has 3 aromatic heterocycles. The highest BCUT2D eigenvalue weighted by Crippen LogP contribution is 2.33. The van der Waals surface area contributed by atoms with E-state index < -0.39 is 6.04 Å². The third kappa shape index (κ3) is 4.08. The molecular formula is C27H27N5O2S2. The highest BCUT2D eigenvalue weighted by molar-refractivity contribution is 7.10. The van der Waals surface area contributed by atoms with E-state index in [4.69, 9.17) is 4.99 Å². The summed E-state index contributed by atoms with van der Waals surface area (Å²) in [6.45, 7) is 10.6. The first-order valence-electron chi connectivity index (χ1n) is 11.8. The van der Waals surface area contributed by atoms with Crippen molar-refractivity contribution in [2.24, 2.45) is 4.99 Å². The van der Waals surface area contributed by atoms with Crippen LogP contribution in [-0.4, -0.2) is 20.3 Å². The highest BCUT2D eigenvalue weighted by Gasteiger charge is 2.33. The van der Waals surface area contributed by atoms with Gasteiger partial charge in [-0.3, -0.25) is 18.8 Å². The Bertz CT molecular complexity index is 1690. The lowest BCUT2D eigenvalue weighted by Gasteiger charge is -2.24. The van der Waals surface area contributed by atoms with Crippen molar-refractivity contribution in [1.82, 2.24) is 14.3 Å². The number of hydrogen-bond acceptors (Lipinski definition) is 6. The Kier molecular flexibility index (Phi) is 6.36. The van der Waals surface area contributed by atoms with Gasteiger partial charge in [0, 0.05) is 28.4 Å². The fourth-order valence-electron chi connectivity index (χ4n) is 4.59. The summed E-state index contributed by atoms with van der Waals surface area (Å²) in [6.07, 6.45) is 1.91. The van der Waals surface area contributed by atoms with Crippen molar-refractivity contribution >= 4 is 40.3 Å². The molecule has 1 aliphatic rings. The number of carbonyl (C=O) groups excluding carboxylic acids is 1. The lowest BCUT2D eigenvalue weighted by Crippen LogP contribution is -2.40. The Morgan fingerprint density at radius 3 is 2.58 bits per heavy atom. The largest absolute Gasteiger partial charge is 0.322 e. The Morgan fingerprint density at radius 1 is 1.14 bits per heavy atom. The first-order valence-corrected chi connectivity index (χ1v) is 13.5. The van der Waals surface area contributed by atoms with Crippen molar-refractivity contribution in [1.29, 1.82) is 0 Å². The number of aromatic nitrogens is 3. The van der Waals surface area contributed by atoms with Crippen LogP contribution in [0, 0.1) is 20.8 Å². The highest BCUT2D eigenvalue weighted by atomic mass is 32.1. The SMILES string of the molecule is CCn1nc(C)c(/C=c2/sc3n(c2=O)[C@H](c2cccs2)C(C(=O)Nc2ccccc2C)=C(C)N=3)c1C. The maximum absolute atomic E-state index is 13.8. The molecule has 5 rings (SSSR count). The average molecular weight is 518 g/mol. The summed E-state index contributed by atoms with van der Waals surface area (Å²) in [5, 5.41) is 9.59. The molecule has 36 heavy (non-hydrogen) atoms. The van der Waals surface area contributed by atoms with E-state index in [-0.39, 0.29) is 11.5 Å². The zero-order valence-electron chi connectivity index (χ0n) is 20.8. The number of carbonyl (C=O) groups is 1. The molecule has 0 saturated carbocycles. The molecule has 7 nitrogen and oxygen atoms in total. The van der Waals surface area contributed by atoms with Crippen LogP contribution in [-0.2, 0) is 11.3 Å². The quantitative estimate of drug-likeness (QED) is 0.433. The van der Waals surface area contributed by atoms with Crippen molar-refractivity contribution in [3.63, 3.8) is 0 Å². The van der Waals surface area contributed by atoms with E-state index in [1.807, 2.05) is 87.2 Å². The van der Waals surface area contributed by atoms with Crippen molar-refractivity contribution in [2.75, 3.05) is 5.32 Å². The number of benzene rings is 1. The second-order valence-corrected chi connectivity index (χ2v) is 10.8. The maximum atomic E-state index is 13.8. The van der Waals surface area contributed by atoms with Crippen molar-refractivity contribution in [3.05, 3.63) is 100 Å². The van der Waals surface area contributed by atoms with Crippen LogP contribution in [0.1, 0.15) is 47.3 Å². The van der Waals surface area contributed by atoms with Gasteiger partial charge in [-0.1, -0.05) is 35.6 Å². The number of allylic oxidation sites excluding steroid dienone is 1. The van der Waals surface area contributed by atoms with Crippen LogP contribution < -0.4 is 20.2 Å². The number of para-hydroxylation sites is 1. The number of fused-ring (bicyclic) bond motifs is 1. The van der Waals surface area contributed by atoms with Gasteiger partial charge in [-0.2, -0.15) is 5.10 Å². The minimum absolute atomic E-state index is 0.158. The van der Waals surface area contributed by atoms with E-state index in [0.717, 1.165) is 39.6 Å². The molecule has 1 atom stereocenters. The van der Waals surface area contributed by atoms with Crippen LogP contribution in [0.3, 0.4) is 0 Å². The van der Waals surface area contributed by atoms with Gasteiger partial charge >= 0.3 is 0 Å². The van der Waals surface area contributed by atoms with E-state index in [9.17, 15) is 9.59 Å². The Hall–Kier alpha value is -3.56. The van der Waals surface area contributed by atoms with Crippen LogP contribution >= 0.6 is 22.7 Å². The summed E-state index contributed by atoms with van der Waals surface area (Å²) in [4.78, 5) is 33.7. The first-order chi connectivity index (χ1) is 17.3. The number of anilines is 1. The molecule has 0 unspecified atom stereocenters. The van der Waals surface area contributed by atoms with Gasteiger partial charge in [-0.15, -0.1) is 11.3 Å². The zero-order valence-corrected chi connectivity index (χ0v) is 22.5. The minimum Gasteiger partial charge on any atom is -0.322 e. The van der Waals surface area contributed by atoms with E-state index in [1.54, 1.807) is 4.57 Å². The summed E-state index contributed by atoms with van der Waals surface area (Å²) >= 11 is 2.87. The molecular weight excluding hydrogens is 490 g/mol. The standard InChI is InChI=1S/C27H27N5O2S2/c1-6-31-18(5)19(16(3)30-31)14-22-26(34)32-24(21-12-9-13-35-21)23(17(4)28-27(32)36-22)25(33)29-20-11-8-7-10-15(20)2/h7-14,24H,6H2,1-5H3,(H,29,33)/b22-14+/t24-/m1/s1. The number of aryl methyl sites for hydroxylation is 3. The van der Waals surface area contributed by atoms with Gasteiger partial charge in [0.05, 0.1) is 21.5 Å². The first kappa shape index (κ1) is 24.1. The number of amides is 1. The molecule has 1 amide bonds. The van der Waals surface area contributed by atoms with E-state index >= 15 is 0 Å². The predicted molar refractivity (Wildman–Crippen MR) is 145 cm³/mol. The number of thiazole rings is 1. The van der Waals surface area contributed by atoms with E-state index in [1.165, 1.54) is 22.7 Å². The maximum Gasteiger partial charge on any atom is 0.271 e. The third-order valence-corrected chi connectivity index (χ3v) is 8.39. The molecule has 0 spiro atoms. The van der Waals surface area contributed by atoms with Gasteiger partial charge in [-0.25, -0.2) is 4.99 Å². The van der Waals surface area contributed by atoms with E-state index in [0.29, 0.717) is 20.6 Å². The van der Waals surface area contributed by atoms with Crippen LogP contribution in [0.15, 0.2) is 62.8 Å². The van der Waals surface area contributed by atoms with E-state index in [2.05, 4.69) is 10.4 Å². The minimum atomic E-state index is -0.548. The number of rotatable bonds is 5. The van der Waals surface area contributed by atoms with Crippen LogP contribution in [0.25, 0.3) is 6.08 Å². The predicted octanol–water partition coefficient (Wildman–Crippen LogP) is 4.08. The topological polar surface area (TPSA) is 81.3 Å². The second kappa shape index (κ2) is 9.48. The van der Waals surface area contributed by atoms with Crippen molar-refractivity contribution in [3.8, 4) is 0 Å². The number of nitrogens with zero attached hydrogens (tertiary/aromatic N) is 4. The molecule has 4 aromatic rings. The molecule has 0 bridgehead atoms. The van der Waals surface area contributed by atoms with Gasteiger partial charge in [0.15, 0.2) is 4.80 Å². The van der Waals surface area contributed by atoms with Crippen molar-refractivity contribution < 1.29 is 4.79 Å². The average Bonchev–Trinajstić information content (AvgIpc) is 3.55. The van der Waals surface area contributed by atoms with Crippen LogP contribution in [0.2, 0.25) is 0 Å². The molecule has 1 aromatic carbocycles. The van der Waals surface area contributed by atoms with Gasteiger partial charge in [0.25, 0.3) is 11.5 Å². The molecule has 1 N–H and O–H groups in total. The van der Waals surface area contributed by atoms with Crippen LogP contribution in [0.4, 0.5) is 5.69 Å². The molecule has 0 radical (unpaired) electrons. The Labute approximate surface area is 216 Å². The molecule has 184 valence electrons. The fourth-order valence-corrected chi connectivity index (χ4v) is 6.44. The number of hydrogen-bond donors (Lipinski definition) is 1. The van der Waals surface area contributed by atoms with Crippen molar-refractivity contribution in [2.45, 2.75) is 47.2 Å². The van der Waals surface area contributed by atoms with Gasteiger partial charge in [0.1, 0.15) is 6.04 Å². The number of thiophene rings is 1. The lowest BCUT2D eigenvalue weighted by molar-refractivity contribution is -0.113. The molecule has 0 saturated heterocycles. The third-order valence-electron chi connectivity index (χ3n) is 6.48. The zero-order chi connectivity index (χ0) is 25.6. The Balaban J connectivity index is 1.66. The summed E-state index contributed by atoms with van der Waals surface area (Å²) in [5.74, 6) is -0.255. The second-order valence-electron chi connectivity index (χ2n) is 8.77. The molecule has 9 heteroatoms. The molecule has 4 heterocycles. The Morgan fingerprint density at radius 2 is 1.92 bits per heavy atom. The van der Waals surface area contributed by atoms with Gasteiger partial charge < -0.3 is 5.32 Å². The normalized spacial score (nSPS) is 15.7. The van der Waals surface area contributed by atoms with Gasteiger partial charge in [0.2, 0.25) is 0 Å². The monoisotopic (exact) mass is 517 g/mol. The summed E-state index contributed by atoms with van der Waals surface area (Å²) in [6, 6.07) is 11.0. The lowest BCUT2D eigenvalue weighted by atomic mass is 10.0. The fraction of sp³-hybridized carbons (Fsp3) is 0.259. The smallest absolute Gasteiger partial charge is 0.271 e.